The molecule has 0 aromatic rings. The third kappa shape index (κ3) is 4.16. The van der Waals surface area contributed by atoms with E-state index in [-0.39, 0.29) is 24.4 Å². The van der Waals surface area contributed by atoms with E-state index in [1.165, 1.54) is 0 Å². The lowest BCUT2D eigenvalue weighted by Crippen LogP contribution is -2.37. The summed E-state index contributed by atoms with van der Waals surface area (Å²) >= 11 is 0. The van der Waals surface area contributed by atoms with Crippen LogP contribution in [0.1, 0.15) is 38.5 Å². The van der Waals surface area contributed by atoms with E-state index in [0.29, 0.717) is 0 Å². The van der Waals surface area contributed by atoms with Gasteiger partial charge in [0.1, 0.15) is 0 Å². The first kappa shape index (κ1) is 14.8. The molecule has 0 radical (unpaired) electrons. The van der Waals surface area contributed by atoms with Crippen LogP contribution in [0, 0.1) is 0 Å². The molecule has 0 aromatic heterocycles. The van der Waals surface area contributed by atoms with Gasteiger partial charge < -0.3 is 14.2 Å². The molecule has 2 aliphatic rings. The van der Waals surface area contributed by atoms with Gasteiger partial charge >= 0.3 is 0 Å². The molecule has 2 saturated heterocycles. The van der Waals surface area contributed by atoms with Gasteiger partial charge in [0.05, 0.1) is 24.4 Å². The number of hydrogen-bond acceptors (Lipinski definition) is 3. The fourth-order valence-electron chi connectivity index (χ4n) is 2.93. The topological polar surface area (TPSA) is 27.7 Å². The van der Waals surface area contributed by atoms with Crippen LogP contribution in [0.2, 0.25) is 0 Å². The van der Waals surface area contributed by atoms with Crippen LogP contribution < -0.4 is 0 Å². The van der Waals surface area contributed by atoms with Gasteiger partial charge in [-0.1, -0.05) is 12.2 Å². The zero-order valence-electron chi connectivity index (χ0n) is 11.8. The second-order valence-corrected chi connectivity index (χ2v) is 5.36. The van der Waals surface area contributed by atoms with Gasteiger partial charge in [-0.05, 0) is 38.5 Å². The first-order valence-electron chi connectivity index (χ1n) is 7.45. The molecule has 0 bridgehead atoms. The average Bonchev–Trinajstić information content (AvgIpc) is 3.10. The summed E-state index contributed by atoms with van der Waals surface area (Å²) in [6.45, 7) is 9.38. The van der Waals surface area contributed by atoms with Gasteiger partial charge in [0.2, 0.25) is 0 Å². The maximum atomic E-state index is 6.31. The molecule has 2 aliphatic heterocycles. The highest BCUT2D eigenvalue weighted by molar-refractivity contribution is 4.87. The Balaban J connectivity index is 1.94. The lowest BCUT2D eigenvalue weighted by Gasteiger charge is -2.30. The molecule has 2 heterocycles. The van der Waals surface area contributed by atoms with Crippen LogP contribution in [-0.4, -0.2) is 37.6 Å². The molecule has 19 heavy (non-hydrogen) atoms. The molecule has 0 spiro atoms. The monoisotopic (exact) mass is 266 g/mol. The smallest absolute Gasteiger partial charge is 0.0876 e. The predicted octanol–water partition coefficient (Wildman–Crippen LogP) is 3.25. The summed E-state index contributed by atoms with van der Waals surface area (Å²) in [5.41, 5.74) is 0. The lowest BCUT2D eigenvalue weighted by atomic mass is 10.0. The van der Waals surface area contributed by atoms with E-state index in [9.17, 15) is 0 Å². The van der Waals surface area contributed by atoms with Crippen molar-refractivity contribution >= 4 is 0 Å². The quantitative estimate of drug-likeness (QED) is 0.631. The van der Waals surface area contributed by atoms with E-state index < -0.39 is 0 Å². The molecule has 3 nitrogen and oxygen atoms in total. The Kier molecular flexibility index (Phi) is 6.08. The third-order valence-corrected chi connectivity index (χ3v) is 3.91. The van der Waals surface area contributed by atoms with E-state index in [2.05, 4.69) is 13.2 Å². The van der Waals surface area contributed by atoms with Crippen LogP contribution in [0.25, 0.3) is 0 Å². The average molecular weight is 266 g/mol. The van der Waals surface area contributed by atoms with Crippen LogP contribution >= 0.6 is 0 Å². The van der Waals surface area contributed by atoms with E-state index in [4.69, 9.17) is 14.2 Å². The molecule has 4 atom stereocenters. The van der Waals surface area contributed by atoms with Crippen molar-refractivity contribution in [2.75, 3.05) is 13.2 Å². The van der Waals surface area contributed by atoms with Gasteiger partial charge in [-0.25, -0.2) is 0 Å². The summed E-state index contributed by atoms with van der Waals surface area (Å²) in [5.74, 6) is 0. The molecular weight excluding hydrogens is 240 g/mol. The lowest BCUT2D eigenvalue weighted by molar-refractivity contribution is -0.120. The normalized spacial score (nSPS) is 30.1. The summed E-state index contributed by atoms with van der Waals surface area (Å²) in [5, 5.41) is 0. The van der Waals surface area contributed by atoms with Crippen LogP contribution in [0.15, 0.2) is 25.3 Å². The highest BCUT2D eigenvalue weighted by atomic mass is 16.6. The summed E-state index contributed by atoms with van der Waals surface area (Å²) < 4.78 is 17.8. The largest absolute Gasteiger partial charge is 0.376 e. The molecule has 0 aromatic carbocycles. The van der Waals surface area contributed by atoms with Gasteiger partial charge in [0.25, 0.3) is 0 Å². The SMILES string of the molecule is C=CCC(OC(CC=C)C1CCCO1)C1CCCO1. The van der Waals surface area contributed by atoms with Crippen LogP contribution in [-0.2, 0) is 14.2 Å². The molecule has 108 valence electrons. The van der Waals surface area contributed by atoms with Crippen molar-refractivity contribution in [2.24, 2.45) is 0 Å². The standard InChI is InChI=1S/C16H26O3/c1-3-7-15(13-9-5-11-17-13)19-16(8-4-2)14-10-6-12-18-14/h3-4,13-16H,1-2,5-12H2. The van der Waals surface area contributed by atoms with Gasteiger partial charge in [-0.2, -0.15) is 0 Å². The molecule has 2 rings (SSSR count). The van der Waals surface area contributed by atoms with Crippen molar-refractivity contribution in [1.29, 1.82) is 0 Å². The predicted molar refractivity (Wildman–Crippen MR) is 76.2 cm³/mol. The minimum atomic E-state index is 0.106. The molecule has 2 fully saturated rings. The summed E-state index contributed by atoms with van der Waals surface area (Å²) in [6, 6.07) is 0. The molecule has 3 heteroatoms. The summed E-state index contributed by atoms with van der Waals surface area (Å²) in [6.07, 6.45) is 10.6. The van der Waals surface area contributed by atoms with Crippen molar-refractivity contribution in [1.82, 2.24) is 0 Å². The van der Waals surface area contributed by atoms with Crippen molar-refractivity contribution in [2.45, 2.75) is 62.9 Å². The Hall–Kier alpha value is -0.640. The van der Waals surface area contributed by atoms with Gasteiger partial charge in [0.15, 0.2) is 0 Å². The molecular formula is C16H26O3. The van der Waals surface area contributed by atoms with Crippen molar-refractivity contribution in [3.05, 3.63) is 25.3 Å². The number of rotatable bonds is 8. The molecule has 0 amide bonds. The van der Waals surface area contributed by atoms with Crippen LogP contribution in [0.3, 0.4) is 0 Å². The van der Waals surface area contributed by atoms with E-state index in [1.807, 2.05) is 12.2 Å². The molecule has 4 unspecified atom stereocenters. The van der Waals surface area contributed by atoms with Crippen LogP contribution in [0.5, 0.6) is 0 Å². The Labute approximate surface area is 116 Å². The van der Waals surface area contributed by atoms with Crippen molar-refractivity contribution in [3.63, 3.8) is 0 Å². The fraction of sp³-hybridized carbons (Fsp3) is 0.750. The maximum absolute atomic E-state index is 6.31. The highest BCUT2D eigenvalue weighted by Crippen LogP contribution is 2.26. The van der Waals surface area contributed by atoms with Crippen molar-refractivity contribution < 1.29 is 14.2 Å². The van der Waals surface area contributed by atoms with E-state index in [1.54, 1.807) is 0 Å². The van der Waals surface area contributed by atoms with Gasteiger partial charge in [0, 0.05) is 13.2 Å². The maximum Gasteiger partial charge on any atom is 0.0876 e. The molecule has 0 saturated carbocycles. The Bertz CT molecular complexity index is 250. The van der Waals surface area contributed by atoms with Gasteiger partial charge in [-0.3, -0.25) is 0 Å². The minimum Gasteiger partial charge on any atom is -0.376 e. The highest BCUT2D eigenvalue weighted by Gasteiger charge is 2.32. The Morgan fingerprint density at radius 2 is 1.42 bits per heavy atom. The Morgan fingerprint density at radius 1 is 0.947 bits per heavy atom. The second-order valence-electron chi connectivity index (χ2n) is 5.36. The number of ether oxygens (including phenoxy) is 3. The summed E-state index contributed by atoms with van der Waals surface area (Å²) in [7, 11) is 0. The van der Waals surface area contributed by atoms with E-state index in [0.717, 1.165) is 51.7 Å². The first-order chi connectivity index (χ1) is 9.35. The molecule has 0 N–H and O–H groups in total. The zero-order chi connectivity index (χ0) is 13.5. The third-order valence-electron chi connectivity index (χ3n) is 3.91. The van der Waals surface area contributed by atoms with Crippen molar-refractivity contribution in [3.8, 4) is 0 Å². The zero-order valence-corrected chi connectivity index (χ0v) is 11.8. The molecule has 0 aliphatic carbocycles. The van der Waals surface area contributed by atoms with Gasteiger partial charge in [-0.15, -0.1) is 13.2 Å². The minimum absolute atomic E-state index is 0.106. The van der Waals surface area contributed by atoms with Crippen LogP contribution in [0.4, 0.5) is 0 Å². The second kappa shape index (κ2) is 7.83. The number of hydrogen-bond donors (Lipinski definition) is 0. The Morgan fingerprint density at radius 3 is 1.74 bits per heavy atom. The summed E-state index contributed by atoms with van der Waals surface area (Å²) in [4.78, 5) is 0. The first-order valence-corrected chi connectivity index (χ1v) is 7.45. The fourth-order valence-corrected chi connectivity index (χ4v) is 2.93. The van der Waals surface area contributed by atoms with E-state index >= 15 is 0 Å².